The summed E-state index contributed by atoms with van der Waals surface area (Å²) in [6, 6.07) is 18.2. The summed E-state index contributed by atoms with van der Waals surface area (Å²) in [5, 5.41) is 13.3. The fourth-order valence-electron chi connectivity index (χ4n) is 4.45. The second-order valence-corrected chi connectivity index (χ2v) is 8.11. The first-order valence-corrected chi connectivity index (χ1v) is 10.9. The average molecular weight is 446 g/mol. The van der Waals surface area contributed by atoms with Crippen LogP contribution in [0.5, 0.6) is 5.75 Å². The minimum absolute atomic E-state index is 0.0673. The van der Waals surface area contributed by atoms with Gasteiger partial charge in [0.1, 0.15) is 11.5 Å². The van der Waals surface area contributed by atoms with Crippen LogP contribution in [0.2, 0.25) is 0 Å². The van der Waals surface area contributed by atoms with Crippen molar-refractivity contribution in [2.24, 2.45) is 0 Å². The van der Waals surface area contributed by atoms with Crippen molar-refractivity contribution in [3.8, 4) is 5.75 Å². The molecule has 33 heavy (non-hydrogen) atoms. The van der Waals surface area contributed by atoms with Crippen molar-refractivity contribution in [1.29, 1.82) is 0 Å². The van der Waals surface area contributed by atoms with E-state index in [1.807, 2.05) is 55.5 Å². The number of carbonyl (C=O) groups is 2. The van der Waals surface area contributed by atoms with Crippen LogP contribution in [0.25, 0.3) is 16.5 Å². The van der Waals surface area contributed by atoms with Gasteiger partial charge < -0.3 is 19.5 Å². The molecule has 1 aliphatic heterocycles. The van der Waals surface area contributed by atoms with E-state index in [1.165, 1.54) is 12.0 Å². The molecule has 1 heterocycles. The number of ether oxygens (including phenoxy) is 2. The van der Waals surface area contributed by atoms with Crippen LogP contribution in [0, 0.1) is 6.92 Å². The molecule has 1 saturated heterocycles. The standard InChI is InChI=1S/C27H27NO5/c1-17-12-13-22(33-3)21(16-17)25(29)23-24(28(14-7-15-32-2)27(31)26(23)30)20-11-6-9-18-8-4-5-10-19(18)20/h4-6,8-13,16,24,29H,7,14-15H2,1-3H3/b25-23+. The maximum absolute atomic E-state index is 13.3. The van der Waals surface area contributed by atoms with Gasteiger partial charge in [0.05, 0.1) is 24.3 Å². The van der Waals surface area contributed by atoms with Crippen molar-refractivity contribution >= 4 is 28.2 Å². The Bertz CT molecular complexity index is 1240. The van der Waals surface area contributed by atoms with Crippen LogP contribution in [0.4, 0.5) is 0 Å². The molecule has 1 atom stereocenters. The number of aryl methyl sites for hydroxylation is 1. The van der Waals surface area contributed by atoms with Crippen molar-refractivity contribution in [3.05, 3.63) is 82.9 Å². The Labute approximate surface area is 193 Å². The van der Waals surface area contributed by atoms with Crippen LogP contribution in [-0.2, 0) is 14.3 Å². The van der Waals surface area contributed by atoms with Gasteiger partial charge in [-0.1, -0.05) is 54.1 Å². The number of amides is 1. The summed E-state index contributed by atoms with van der Waals surface area (Å²) >= 11 is 0. The molecule has 4 rings (SSSR count). The Morgan fingerprint density at radius 2 is 1.79 bits per heavy atom. The van der Waals surface area contributed by atoms with E-state index in [0.717, 1.165) is 21.9 Å². The smallest absolute Gasteiger partial charge is 0.295 e. The first kappa shape index (κ1) is 22.6. The summed E-state index contributed by atoms with van der Waals surface area (Å²) < 4.78 is 10.6. The Kier molecular flexibility index (Phi) is 6.47. The third-order valence-corrected chi connectivity index (χ3v) is 6.02. The molecular weight excluding hydrogens is 418 g/mol. The van der Waals surface area contributed by atoms with Gasteiger partial charge in [0.25, 0.3) is 11.7 Å². The van der Waals surface area contributed by atoms with E-state index in [1.54, 1.807) is 19.2 Å². The predicted octanol–water partition coefficient (Wildman–Crippen LogP) is 4.62. The first-order chi connectivity index (χ1) is 16.0. The number of hydrogen-bond acceptors (Lipinski definition) is 5. The number of methoxy groups -OCH3 is 2. The Hall–Kier alpha value is -3.64. The number of likely N-dealkylation sites (tertiary alicyclic amines) is 1. The number of fused-ring (bicyclic) bond motifs is 1. The zero-order valence-electron chi connectivity index (χ0n) is 19.0. The molecule has 1 fully saturated rings. The second-order valence-electron chi connectivity index (χ2n) is 8.11. The maximum Gasteiger partial charge on any atom is 0.295 e. The normalized spacial score (nSPS) is 17.7. The zero-order valence-corrected chi connectivity index (χ0v) is 19.0. The lowest BCUT2D eigenvalue weighted by Crippen LogP contribution is -2.31. The number of Topliss-reactive ketones (excluding diaryl/α,β-unsaturated/α-hetero) is 1. The van der Waals surface area contributed by atoms with E-state index in [2.05, 4.69) is 0 Å². The molecule has 0 radical (unpaired) electrons. The number of carbonyl (C=O) groups excluding carboxylic acids is 2. The Morgan fingerprint density at radius 3 is 2.55 bits per heavy atom. The fraction of sp³-hybridized carbons (Fsp3) is 0.259. The van der Waals surface area contributed by atoms with E-state index in [-0.39, 0.29) is 11.3 Å². The summed E-state index contributed by atoms with van der Waals surface area (Å²) in [6.07, 6.45) is 0.568. The maximum atomic E-state index is 13.3. The molecule has 6 nitrogen and oxygen atoms in total. The van der Waals surface area contributed by atoms with Crippen LogP contribution in [-0.4, -0.2) is 49.1 Å². The minimum atomic E-state index is -0.724. The van der Waals surface area contributed by atoms with Gasteiger partial charge in [-0.15, -0.1) is 0 Å². The largest absolute Gasteiger partial charge is 0.507 e. The molecular formula is C27H27NO5. The average Bonchev–Trinajstić information content (AvgIpc) is 3.08. The van der Waals surface area contributed by atoms with Crippen molar-refractivity contribution in [2.75, 3.05) is 27.4 Å². The topological polar surface area (TPSA) is 76.1 Å². The van der Waals surface area contributed by atoms with Crippen molar-refractivity contribution in [1.82, 2.24) is 4.90 Å². The zero-order chi connectivity index (χ0) is 23.5. The molecule has 0 aromatic heterocycles. The molecule has 0 aliphatic carbocycles. The summed E-state index contributed by atoms with van der Waals surface area (Å²) in [5.74, 6) is -1.13. The van der Waals surface area contributed by atoms with Gasteiger partial charge in [0, 0.05) is 20.3 Å². The number of benzene rings is 3. The van der Waals surface area contributed by atoms with Gasteiger partial charge in [0.2, 0.25) is 0 Å². The molecule has 3 aromatic rings. The van der Waals surface area contributed by atoms with Crippen LogP contribution in [0.15, 0.2) is 66.2 Å². The van der Waals surface area contributed by atoms with E-state index in [9.17, 15) is 14.7 Å². The van der Waals surface area contributed by atoms with Crippen LogP contribution >= 0.6 is 0 Å². The van der Waals surface area contributed by atoms with Crippen molar-refractivity contribution in [3.63, 3.8) is 0 Å². The molecule has 1 N–H and O–H groups in total. The van der Waals surface area contributed by atoms with Gasteiger partial charge >= 0.3 is 0 Å². The number of hydrogen-bond donors (Lipinski definition) is 1. The molecule has 3 aromatic carbocycles. The van der Waals surface area contributed by atoms with E-state index in [0.29, 0.717) is 30.9 Å². The fourth-order valence-corrected chi connectivity index (χ4v) is 4.45. The number of ketones is 1. The Morgan fingerprint density at radius 1 is 1.03 bits per heavy atom. The molecule has 0 spiro atoms. The lowest BCUT2D eigenvalue weighted by Gasteiger charge is -2.26. The SMILES string of the molecule is COCCCN1C(=O)C(=O)/C(=C(/O)c2cc(C)ccc2OC)C1c1cccc2ccccc12. The van der Waals surface area contributed by atoms with Gasteiger partial charge in [0.15, 0.2) is 0 Å². The second kappa shape index (κ2) is 9.46. The van der Waals surface area contributed by atoms with Crippen LogP contribution in [0.3, 0.4) is 0 Å². The molecule has 0 bridgehead atoms. The monoisotopic (exact) mass is 445 g/mol. The molecule has 0 saturated carbocycles. The minimum Gasteiger partial charge on any atom is -0.507 e. The van der Waals surface area contributed by atoms with Gasteiger partial charge in [-0.05, 0) is 41.8 Å². The molecule has 1 aliphatic rings. The summed E-state index contributed by atoms with van der Waals surface area (Å²) in [6.45, 7) is 2.67. The van der Waals surface area contributed by atoms with Gasteiger partial charge in [-0.25, -0.2) is 0 Å². The highest BCUT2D eigenvalue weighted by molar-refractivity contribution is 6.46. The van der Waals surface area contributed by atoms with Gasteiger partial charge in [-0.3, -0.25) is 9.59 Å². The quantitative estimate of drug-likeness (QED) is 0.249. The van der Waals surface area contributed by atoms with Crippen LogP contribution in [0.1, 0.15) is 29.2 Å². The summed E-state index contributed by atoms with van der Waals surface area (Å²) in [4.78, 5) is 28.0. The first-order valence-electron chi connectivity index (χ1n) is 10.9. The molecule has 1 unspecified atom stereocenters. The Balaban J connectivity index is 1.96. The predicted molar refractivity (Wildman–Crippen MR) is 127 cm³/mol. The number of nitrogens with zero attached hydrogens (tertiary/aromatic N) is 1. The number of aliphatic hydroxyl groups excluding tert-OH is 1. The van der Waals surface area contributed by atoms with Crippen molar-refractivity contribution in [2.45, 2.75) is 19.4 Å². The van der Waals surface area contributed by atoms with E-state index >= 15 is 0 Å². The highest BCUT2D eigenvalue weighted by Gasteiger charge is 2.46. The summed E-state index contributed by atoms with van der Waals surface area (Å²) in [5.41, 5.74) is 2.14. The van der Waals surface area contributed by atoms with Crippen LogP contribution < -0.4 is 4.74 Å². The summed E-state index contributed by atoms with van der Waals surface area (Å²) in [7, 11) is 3.10. The molecule has 1 amide bonds. The van der Waals surface area contributed by atoms with Gasteiger partial charge in [-0.2, -0.15) is 0 Å². The number of aliphatic hydroxyl groups is 1. The number of rotatable bonds is 7. The molecule has 170 valence electrons. The van der Waals surface area contributed by atoms with E-state index in [4.69, 9.17) is 9.47 Å². The third-order valence-electron chi connectivity index (χ3n) is 6.02. The highest BCUT2D eigenvalue weighted by Crippen LogP contribution is 2.43. The molecule has 6 heteroatoms. The highest BCUT2D eigenvalue weighted by atomic mass is 16.5. The van der Waals surface area contributed by atoms with Crippen molar-refractivity contribution < 1.29 is 24.2 Å². The lowest BCUT2D eigenvalue weighted by molar-refractivity contribution is -0.140. The third kappa shape index (κ3) is 4.10. The van der Waals surface area contributed by atoms with E-state index < -0.39 is 17.7 Å². The lowest BCUT2D eigenvalue weighted by atomic mass is 9.91.